The molecule has 0 radical (unpaired) electrons. The maximum Gasteiger partial charge on any atom is 0.161 e. The van der Waals surface area contributed by atoms with Gasteiger partial charge < -0.3 is 5.32 Å². The van der Waals surface area contributed by atoms with Crippen molar-refractivity contribution in [2.75, 3.05) is 11.1 Å². The number of nitrogens with one attached hydrogen (secondary N) is 1. The van der Waals surface area contributed by atoms with Crippen LogP contribution in [0.15, 0.2) is 23.2 Å². The van der Waals surface area contributed by atoms with Gasteiger partial charge >= 0.3 is 0 Å². The van der Waals surface area contributed by atoms with Crippen LogP contribution in [0.1, 0.15) is 13.8 Å². The average molecular weight is 259 g/mol. The number of hydrogen-bond donors (Lipinski definition) is 1. The molecule has 1 N–H and O–H groups in total. The Balaban J connectivity index is 2.13. The lowest BCUT2D eigenvalue weighted by molar-refractivity contribution is 0.605. The van der Waals surface area contributed by atoms with Gasteiger partial charge in [-0.2, -0.15) is 0 Å². The Labute approximate surface area is 103 Å². The number of rotatable bonds is 1. The first-order valence-electron chi connectivity index (χ1n) is 4.91. The van der Waals surface area contributed by atoms with Crippen molar-refractivity contribution in [3.05, 3.63) is 29.0 Å². The predicted octanol–water partition coefficient (Wildman–Crippen LogP) is 3.77. The molecule has 0 aliphatic carbocycles. The summed E-state index contributed by atoms with van der Waals surface area (Å²) in [5, 5.41) is 4.04. The van der Waals surface area contributed by atoms with Crippen molar-refractivity contribution in [2.24, 2.45) is 4.99 Å². The first-order valence-corrected chi connectivity index (χ1v) is 6.27. The first kappa shape index (κ1) is 11.7. The molecule has 1 aromatic carbocycles. The summed E-state index contributed by atoms with van der Waals surface area (Å²) >= 11 is 7.24. The maximum atomic E-state index is 13.2. The lowest BCUT2D eigenvalue weighted by Gasteiger charge is -2.09. The van der Waals surface area contributed by atoms with Crippen LogP contribution in [0.4, 0.5) is 10.1 Å². The fourth-order valence-corrected chi connectivity index (χ4v) is 2.52. The SMILES string of the molecule is CC1(C)CSC(Nc2ccc(Cl)c(F)c2)=N1. The van der Waals surface area contributed by atoms with Crippen LogP contribution in [-0.4, -0.2) is 16.5 Å². The highest BCUT2D eigenvalue weighted by Gasteiger charge is 2.25. The van der Waals surface area contributed by atoms with E-state index in [1.165, 1.54) is 12.1 Å². The van der Waals surface area contributed by atoms with Crippen molar-refractivity contribution in [1.29, 1.82) is 0 Å². The predicted molar refractivity (Wildman–Crippen MR) is 69.0 cm³/mol. The normalized spacial score (nSPS) is 18.4. The van der Waals surface area contributed by atoms with Crippen molar-refractivity contribution >= 4 is 34.2 Å². The molecule has 0 atom stereocenters. The van der Waals surface area contributed by atoms with E-state index in [4.69, 9.17) is 11.6 Å². The Morgan fingerprint density at radius 3 is 2.81 bits per heavy atom. The second-order valence-electron chi connectivity index (χ2n) is 4.27. The van der Waals surface area contributed by atoms with Crippen molar-refractivity contribution < 1.29 is 4.39 Å². The van der Waals surface area contributed by atoms with Crippen LogP contribution >= 0.6 is 23.4 Å². The number of nitrogens with zero attached hydrogens (tertiary/aromatic N) is 1. The van der Waals surface area contributed by atoms with E-state index in [0.717, 1.165) is 10.9 Å². The number of halogens is 2. The highest BCUT2D eigenvalue weighted by atomic mass is 35.5. The van der Waals surface area contributed by atoms with Crippen molar-refractivity contribution in [2.45, 2.75) is 19.4 Å². The molecule has 0 aromatic heterocycles. The monoisotopic (exact) mass is 258 g/mol. The van der Waals surface area contributed by atoms with Crippen molar-refractivity contribution in [3.63, 3.8) is 0 Å². The summed E-state index contributed by atoms with van der Waals surface area (Å²) in [6.45, 7) is 4.13. The van der Waals surface area contributed by atoms with E-state index in [9.17, 15) is 4.39 Å². The van der Waals surface area contributed by atoms with Crippen LogP contribution in [0.25, 0.3) is 0 Å². The number of thioether (sulfide) groups is 1. The second kappa shape index (κ2) is 4.26. The molecular weight excluding hydrogens is 247 g/mol. The lowest BCUT2D eigenvalue weighted by atomic mass is 10.1. The Hall–Kier alpha value is -0.740. The van der Waals surface area contributed by atoms with Gasteiger partial charge in [-0.1, -0.05) is 23.4 Å². The molecule has 86 valence electrons. The van der Waals surface area contributed by atoms with E-state index in [-0.39, 0.29) is 10.6 Å². The molecule has 1 heterocycles. The topological polar surface area (TPSA) is 24.4 Å². The zero-order chi connectivity index (χ0) is 11.8. The third-order valence-corrected chi connectivity index (χ3v) is 3.76. The number of amidine groups is 1. The average Bonchev–Trinajstić information content (AvgIpc) is 2.52. The molecule has 16 heavy (non-hydrogen) atoms. The summed E-state index contributed by atoms with van der Waals surface area (Å²) in [4.78, 5) is 4.48. The Bertz CT molecular complexity index is 446. The lowest BCUT2D eigenvalue weighted by Crippen LogP contribution is -2.15. The maximum absolute atomic E-state index is 13.2. The summed E-state index contributed by atoms with van der Waals surface area (Å²) < 4.78 is 13.2. The molecule has 0 saturated heterocycles. The molecular formula is C11H12ClFN2S. The molecule has 2 nitrogen and oxygen atoms in total. The van der Waals surface area contributed by atoms with Gasteiger partial charge in [-0.15, -0.1) is 0 Å². The number of anilines is 1. The van der Waals surface area contributed by atoms with Gasteiger partial charge in [-0.25, -0.2) is 4.39 Å². The highest BCUT2D eigenvalue weighted by molar-refractivity contribution is 8.14. The van der Waals surface area contributed by atoms with E-state index in [1.54, 1.807) is 17.8 Å². The number of hydrogen-bond acceptors (Lipinski definition) is 3. The minimum atomic E-state index is -0.422. The van der Waals surface area contributed by atoms with Crippen LogP contribution in [0, 0.1) is 5.82 Å². The van der Waals surface area contributed by atoms with Gasteiger partial charge in [-0.3, -0.25) is 4.99 Å². The van der Waals surface area contributed by atoms with Gasteiger partial charge in [0.15, 0.2) is 5.17 Å². The molecule has 0 amide bonds. The third-order valence-electron chi connectivity index (χ3n) is 2.14. The molecule has 2 rings (SSSR count). The Kier molecular flexibility index (Phi) is 3.13. The molecule has 0 unspecified atom stereocenters. The van der Waals surface area contributed by atoms with Gasteiger partial charge in [-0.05, 0) is 32.0 Å². The molecule has 0 fully saturated rings. The molecule has 1 aliphatic rings. The molecule has 0 saturated carbocycles. The van der Waals surface area contributed by atoms with Crippen LogP contribution in [0.5, 0.6) is 0 Å². The third kappa shape index (κ3) is 2.68. The van der Waals surface area contributed by atoms with E-state index >= 15 is 0 Å². The summed E-state index contributed by atoms with van der Waals surface area (Å²) in [6, 6.07) is 4.64. The summed E-state index contributed by atoms with van der Waals surface area (Å²) in [6.07, 6.45) is 0. The summed E-state index contributed by atoms with van der Waals surface area (Å²) in [5.41, 5.74) is 0.628. The highest BCUT2D eigenvalue weighted by Crippen LogP contribution is 2.28. The smallest absolute Gasteiger partial charge is 0.161 e. The fraction of sp³-hybridized carbons (Fsp3) is 0.364. The fourth-order valence-electron chi connectivity index (χ4n) is 1.35. The van der Waals surface area contributed by atoms with E-state index in [2.05, 4.69) is 24.2 Å². The van der Waals surface area contributed by atoms with E-state index in [0.29, 0.717) is 5.69 Å². The number of aliphatic imine (C=N–C) groups is 1. The zero-order valence-electron chi connectivity index (χ0n) is 9.05. The quantitative estimate of drug-likeness (QED) is 0.829. The molecule has 1 aliphatic heterocycles. The van der Waals surface area contributed by atoms with Gasteiger partial charge in [0, 0.05) is 11.4 Å². The van der Waals surface area contributed by atoms with Gasteiger partial charge in [0.1, 0.15) is 5.82 Å². The van der Waals surface area contributed by atoms with Gasteiger partial charge in [0.2, 0.25) is 0 Å². The minimum Gasteiger partial charge on any atom is -0.335 e. The Morgan fingerprint density at radius 1 is 1.50 bits per heavy atom. The van der Waals surface area contributed by atoms with Crippen LogP contribution < -0.4 is 5.32 Å². The minimum absolute atomic E-state index is 0.0437. The number of benzene rings is 1. The van der Waals surface area contributed by atoms with Crippen molar-refractivity contribution in [3.8, 4) is 0 Å². The largest absolute Gasteiger partial charge is 0.335 e. The second-order valence-corrected chi connectivity index (χ2v) is 5.64. The van der Waals surface area contributed by atoms with E-state index in [1.807, 2.05) is 0 Å². The van der Waals surface area contributed by atoms with E-state index < -0.39 is 5.82 Å². The van der Waals surface area contributed by atoms with Gasteiger partial charge in [0.05, 0.1) is 10.6 Å². The Morgan fingerprint density at radius 2 is 2.25 bits per heavy atom. The molecule has 0 bridgehead atoms. The van der Waals surface area contributed by atoms with Gasteiger partial charge in [0.25, 0.3) is 0 Å². The zero-order valence-corrected chi connectivity index (χ0v) is 10.6. The van der Waals surface area contributed by atoms with Crippen LogP contribution in [-0.2, 0) is 0 Å². The summed E-state index contributed by atoms with van der Waals surface area (Å²) in [5.74, 6) is 0.514. The molecule has 1 aromatic rings. The van der Waals surface area contributed by atoms with Crippen molar-refractivity contribution in [1.82, 2.24) is 0 Å². The molecule has 0 spiro atoms. The molecule has 5 heteroatoms. The van der Waals surface area contributed by atoms with Crippen LogP contribution in [0.3, 0.4) is 0 Å². The summed E-state index contributed by atoms with van der Waals surface area (Å²) in [7, 11) is 0. The first-order chi connectivity index (χ1) is 7.46. The van der Waals surface area contributed by atoms with Crippen LogP contribution in [0.2, 0.25) is 5.02 Å². The standard InChI is InChI=1S/C11H12ClFN2S/c1-11(2)6-16-10(15-11)14-7-3-4-8(12)9(13)5-7/h3-5H,6H2,1-2H3,(H,14,15).